The molecule has 0 heterocycles. The third-order valence-corrected chi connectivity index (χ3v) is 4.27. The average Bonchev–Trinajstić information content (AvgIpc) is 2.60. The average molecular weight is 391 g/mol. The van der Waals surface area contributed by atoms with Crippen LogP contribution in [-0.2, 0) is 9.53 Å². The largest absolute Gasteiger partial charge is 0.465 e. The number of carbonyl (C=O) groups excluding carboxylic acids is 2. The lowest BCUT2D eigenvalue weighted by atomic mass is 10.1. The summed E-state index contributed by atoms with van der Waals surface area (Å²) in [6, 6.07) is 14.6. The van der Waals surface area contributed by atoms with Crippen molar-refractivity contribution >= 4 is 33.5 Å². The third kappa shape index (κ3) is 4.66. The highest BCUT2D eigenvalue weighted by molar-refractivity contribution is 9.10. The van der Waals surface area contributed by atoms with Gasteiger partial charge in [0.15, 0.2) is 0 Å². The number of anilines is 1. The van der Waals surface area contributed by atoms with E-state index in [-0.39, 0.29) is 18.5 Å². The van der Waals surface area contributed by atoms with E-state index in [1.807, 2.05) is 31.2 Å². The van der Waals surface area contributed by atoms with Gasteiger partial charge in [-0.05, 0) is 30.7 Å². The van der Waals surface area contributed by atoms with Crippen molar-refractivity contribution in [2.45, 2.75) is 13.0 Å². The quantitative estimate of drug-likeness (QED) is 0.740. The Morgan fingerprint density at radius 1 is 1.12 bits per heavy atom. The number of nitrogens with one attached hydrogen (secondary N) is 2. The molecule has 0 bridgehead atoms. The fraction of sp³-hybridized carbons (Fsp3) is 0.222. The minimum Gasteiger partial charge on any atom is -0.465 e. The molecule has 2 N–H and O–H groups in total. The van der Waals surface area contributed by atoms with Crippen molar-refractivity contribution in [1.29, 1.82) is 0 Å². The fourth-order valence-corrected chi connectivity index (χ4v) is 2.88. The predicted octanol–water partition coefficient (Wildman–Crippen LogP) is 3.53. The highest BCUT2D eigenvalue weighted by Gasteiger charge is 2.14. The second-order valence-electron chi connectivity index (χ2n) is 5.21. The molecule has 24 heavy (non-hydrogen) atoms. The summed E-state index contributed by atoms with van der Waals surface area (Å²) in [5.41, 5.74) is 1.83. The lowest BCUT2D eigenvalue weighted by Gasteiger charge is -2.16. The van der Waals surface area contributed by atoms with Gasteiger partial charge in [-0.25, -0.2) is 4.79 Å². The molecular formula is C18H19BrN2O3. The zero-order valence-electron chi connectivity index (χ0n) is 13.5. The van der Waals surface area contributed by atoms with Crippen LogP contribution in [0.3, 0.4) is 0 Å². The Hall–Kier alpha value is -2.18. The molecular weight excluding hydrogens is 372 g/mol. The van der Waals surface area contributed by atoms with Crippen LogP contribution in [0.5, 0.6) is 0 Å². The topological polar surface area (TPSA) is 67.4 Å². The van der Waals surface area contributed by atoms with Gasteiger partial charge in [0.05, 0.1) is 24.9 Å². The van der Waals surface area contributed by atoms with Crippen LogP contribution in [0.15, 0.2) is 53.0 Å². The maximum Gasteiger partial charge on any atom is 0.339 e. The zero-order chi connectivity index (χ0) is 17.5. The van der Waals surface area contributed by atoms with Crippen LogP contribution in [0.2, 0.25) is 0 Å². The minimum atomic E-state index is -0.486. The number of halogens is 1. The smallest absolute Gasteiger partial charge is 0.339 e. The molecule has 2 aromatic carbocycles. The number of amides is 1. The summed E-state index contributed by atoms with van der Waals surface area (Å²) in [4.78, 5) is 23.9. The van der Waals surface area contributed by atoms with Gasteiger partial charge in [0.1, 0.15) is 0 Å². The molecule has 0 aromatic heterocycles. The number of ether oxygens (including phenoxy) is 1. The lowest BCUT2D eigenvalue weighted by molar-refractivity contribution is -0.115. The van der Waals surface area contributed by atoms with Crippen LogP contribution in [0.25, 0.3) is 0 Å². The summed E-state index contributed by atoms with van der Waals surface area (Å²) in [6.07, 6.45) is 0. The van der Waals surface area contributed by atoms with Crippen LogP contribution in [0.1, 0.15) is 28.9 Å². The van der Waals surface area contributed by atoms with E-state index in [1.165, 1.54) is 7.11 Å². The Balaban J connectivity index is 1.97. The van der Waals surface area contributed by atoms with Gasteiger partial charge in [0.25, 0.3) is 0 Å². The van der Waals surface area contributed by atoms with E-state index in [9.17, 15) is 9.59 Å². The fourth-order valence-electron chi connectivity index (χ4n) is 2.26. The zero-order valence-corrected chi connectivity index (χ0v) is 15.1. The molecule has 5 nitrogen and oxygen atoms in total. The van der Waals surface area contributed by atoms with E-state index >= 15 is 0 Å². The maximum absolute atomic E-state index is 12.2. The van der Waals surface area contributed by atoms with E-state index in [4.69, 9.17) is 4.74 Å². The Morgan fingerprint density at radius 2 is 1.79 bits per heavy atom. The normalized spacial score (nSPS) is 11.6. The first kappa shape index (κ1) is 18.2. The molecule has 126 valence electrons. The van der Waals surface area contributed by atoms with Gasteiger partial charge in [-0.15, -0.1) is 0 Å². The maximum atomic E-state index is 12.2. The van der Waals surface area contributed by atoms with Gasteiger partial charge < -0.3 is 15.4 Å². The van der Waals surface area contributed by atoms with Gasteiger partial charge in [0.2, 0.25) is 5.91 Å². The summed E-state index contributed by atoms with van der Waals surface area (Å²) in [5.74, 6) is -0.717. The standard InChI is InChI=1S/C18H19BrN2O3/c1-12(13-7-3-5-9-15(13)19)20-11-17(22)21-16-10-6-4-8-14(16)18(23)24-2/h3-10,12,20H,11H2,1-2H3,(H,21,22)/t12-/m0/s1. The first-order chi connectivity index (χ1) is 11.5. The Bertz CT molecular complexity index is 734. The summed E-state index contributed by atoms with van der Waals surface area (Å²) in [7, 11) is 1.31. The molecule has 2 rings (SSSR count). The molecule has 0 fully saturated rings. The number of esters is 1. The van der Waals surface area contributed by atoms with Crippen molar-refractivity contribution in [3.8, 4) is 0 Å². The van der Waals surface area contributed by atoms with E-state index in [1.54, 1.807) is 24.3 Å². The van der Waals surface area contributed by atoms with Crippen LogP contribution in [0, 0.1) is 0 Å². The Labute approximate surface area is 149 Å². The van der Waals surface area contributed by atoms with E-state index < -0.39 is 5.97 Å². The highest BCUT2D eigenvalue weighted by Crippen LogP contribution is 2.22. The first-order valence-electron chi connectivity index (χ1n) is 7.48. The summed E-state index contributed by atoms with van der Waals surface area (Å²) in [5, 5.41) is 5.90. The molecule has 0 aliphatic heterocycles. The molecule has 6 heteroatoms. The van der Waals surface area contributed by atoms with Gasteiger partial charge >= 0.3 is 5.97 Å². The number of hydrogen-bond acceptors (Lipinski definition) is 4. The number of carbonyl (C=O) groups is 2. The summed E-state index contributed by atoms with van der Waals surface area (Å²) in [6.45, 7) is 2.10. The van der Waals surface area contributed by atoms with Crippen molar-refractivity contribution in [3.63, 3.8) is 0 Å². The number of para-hydroxylation sites is 1. The highest BCUT2D eigenvalue weighted by atomic mass is 79.9. The van der Waals surface area contributed by atoms with E-state index in [2.05, 4.69) is 26.6 Å². The number of methoxy groups -OCH3 is 1. The van der Waals surface area contributed by atoms with Gasteiger partial charge in [-0.3, -0.25) is 4.79 Å². The molecule has 2 aromatic rings. The number of rotatable bonds is 6. The van der Waals surface area contributed by atoms with Crippen LogP contribution in [-0.4, -0.2) is 25.5 Å². The molecule has 0 saturated carbocycles. The van der Waals surface area contributed by atoms with Gasteiger partial charge in [-0.1, -0.05) is 46.3 Å². The van der Waals surface area contributed by atoms with E-state index in [0.717, 1.165) is 10.0 Å². The Kier molecular flexibility index (Phi) is 6.52. The number of benzene rings is 2. The monoisotopic (exact) mass is 390 g/mol. The molecule has 0 aliphatic carbocycles. The molecule has 0 saturated heterocycles. The Morgan fingerprint density at radius 3 is 2.50 bits per heavy atom. The van der Waals surface area contributed by atoms with E-state index in [0.29, 0.717) is 11.3 Å². The summed E-state index contributed by atoms with van der Waals surface area (Å²) < 4.78 is 5.70. The van der Waals surface area contributed by atoms with Crippen LogP contribution >= 0.6 is 15.9 Å². The van der Waals surface area contributed by atoms with Crippen LogP contribution in [0.4, 0.5) is 5.69 Å². The van der Waals surface area contributed by atoms with Crippen molar-refractivity contribution in [3.05, 3.63) is 64.1 Å². The molecule has 0 spiro atoms. The molecule has 1 amide bonds. The van der Waals surface area contributed by atoms with Crippen molar-refractivity contribution < 1.29 is 14.3 Å². The predicted molar refractivity (Wildman–Crippen MR) is 97.0 cm³/mol. The number of hydrogen-bond donors (Lipinski definition) is 2. The summed E-state index contributed by atoms with van der Waals surface area (Å²) >= 11 is 3.50. The molecule has 0 unspecified atom stereocenters. The van der Waals surface area contributed by atoms with Crippen LogP contribution < -0.4 is 10.6 Å². The lowest BCUT2D eigenvalue weighted by Crippen LogP contribution is -2.30. The molecule has 0 radical (unpaired) electrons. The van der Waals surface area contributed by atoms with Crippen molar-refractivity contribution in [2.75, 3.05) is 19.0 Å². The van der Waals surface area contributed by atoms with Gasteiger partial charge in [-0.2, -0.15) is 0 Å². The minimum absolute atomic E-state index is 0.00201. The second-order valence-corrected chi connectivity index (χ2v) is 6.06. The SMILES string of the molecule is COC(=O)c1ccccc1NC(=O)CN[C@@H](C)c1ccccc1Br. The molecule has 1 atom stereocenters. The first-order valence-corrected chi connectivity index (χ1v) is 8.27. The van der Waals surface area contributed by atoms with Gasteiger partial charge in [0, 0.05) is 10.5 Å². The van der Waals surface area contributed by atoms with Crippen molar-refractivity contribution in [1.82, 2.24) is 5.32 Å². The van der Waals surface area contributed by atoms with Crippen molar-refractivity contribution in [2.24, 2.45) is 0 Å². The second kappa shape index (κ2) is 8.61. The molecule has 0 aliphatic rings. The third-order valence-electron chi connectivity index (χ3n) is 3.55.